The van der Waals surface area contributed by atoms with Crippen molar-refractivity contribution in [3.05, 3.63) is 63.8 Å². The minimum Gasteiger partial charge on any atom is -0.198 e. The van der Waals surface area contributed by atoms with E-state index in [-0.39, 0.29) is 0 Å². The van der Waals surface area contributed by atoms with E-state index in [0.29, 0.717) is 12.0 Å². The van der Waals surface area contributed by atoms with Crippen molar-refractivity contribution in [2.45, 2.75) is 78.6 Å². The molecule has 1 aliphatic heterocycles. The van der Waals surface area contributed by atoms with Crippen LogP contribution in [0.1, 0.15) is 53.6 Å². The van der Waals surface area contributed by atoms with Gasteiger partial charge in [0.25, 0.3) is 0 Å². The number of rotatable bonds is 2. The summed E-state index contributed by atoms with van der Waals surface area (Å²) in [4.78, 5) is 0. The van der Waals surface area contributed by atoms with E-state index in [9.17, 15) is 0 Å². The van der Waals surface area contributed by atoms with Gasteiger partial charge >= 0.3 is 0 Å². The lowest BCUT2D eigenvalue weighted by Gasteiger charge is -2.33. The van der Waals surface area contributed by atoms with Gasteiger partial charge in [0.05, 0.1) is 12.3 Å². The average molecular weight is 418 g/mol. The van der Waals surface area contributed by atoms with Gasteiger partial charge in [0.15, 0.2) is 5.69 Å². The van der Waals surface area contributed by atoms with Crippen molar-refractivity contribution < 1.29 is 5.94 Å². The SMILES string of the molecule is [2H]c1c(C)[n+](C)c(-c2cc(C)cc(C)c2C)c2cc(C)c(C3CC[Si](C)(C)CC3)cc12. The Bertz CT molecular complexity index is 1180. The molecular weight excluding hydrogens is 378 g/mol. The predicted octanol–water partition coefficient (Wildman–Crippen LogP) is 7.46. The fourth-order valence-electron chi connectivity index (χ4n) is 5.41. The Kier molecular flexibility index (Phi) is 5.09. The van der Waals surface area contributed by atoms with Crippen LogP contribution < -0.4 is 4.57 Å². The molecule has 0 radical (unpaired) electrons. The van der Waals surface area contributed by atoms with Crippen LogP contribution in [-0.4, -0.2) is 8.07 Å². The second-order valence-corrected chi connectivity index (χ2v) is 15.9. The summed E-state index contributed by atoms with van der Waals surface area (Å²) in [5.41, 5.74) is 10.4. The largest absolute Gasteiger partial charge is 0.220 e. The number of hydrogen-bond donors (Lipinski definition) is 0. The number of nitrogens with zero attached hydrogens (tertiary/aromatic N) is 1. The highest BCUT2D eigenvalue weighted by Crippen LogP contribution is 2.41. The molecule has 0 amide bonds. The fourth-order valence-corrected chi connectivity index (χ4v) is 7.92. The summed E-state index contributed by atoms with van der Waals surface area (Å²) >= 11 is 0. The van der Waals surface area contributed by atoms with Gasteiger partial charge in [0.2, 0.25) is 5.69 Å². The molecule has 2 aromatic carbocycles. The zero-order valence-electron chi connectivity index (χ0n) is 21.2. The molecule has 4 rings (SSSR count). The van der Waals surface area contributed by atoms with Crippen LogP contribution >= 0.6 is 0 Å². The van der Waals surface area contributed by atoms with Crippen molar-refractivity contribution >= 4 is 18.8 Å². The van der Waals surface area contributed by atoms with Gasteiger partial charge in [0, 0.05) is 21.0 Å². The summed E-state index contributed by atoms with van der Waals surface area (Å²) in [5.74, 6) is 0.657. The molecule has 0 aliphatic carbocycles. The van der Waals surface area contributed by atoms with Crippen LogP contribution in [-0.2, 0) is 7.05 Å². The lowest BCUT2D eigenvalue weighted by atomic mass is 9.86. The molecule has 158 valence electrons. The average Bonchev–Trinajstić information content (AvgIpc) is 2.70. The van der Waals surface area contributed by atoms with Crippen LogP contribution in [0.4, 0.5) is 0 Å². The van der Waals surface area contributed by atoms with Gasteiger partial charge in [-0.1, -0.05) is 42.9 Å². The van der Waals surface area contributed by atoms with Crippen molar-refractivity contribution in [3.8, 4) is 11.3 Å². The number of benzene rings is 2. The monoisotopic (exact) mass is 417 g/mol. The molecule has 0 unspecified atom stereocenters. The minimum atomic E-state index is -0.974. The Hall–Kier alpha value is -1.93. The highest BCUT2D eigenvalue weighted by Gasteiger charge is 2.30. The number of hydrogen-bond acceptors (Lipinski definition) is 0. The van der Waals surface area contributed by atoms with Crippen LogP contribution in [0.2, 0.25) is 25.2 Å². The highest BCUT2D eigenvalue weighted by atomic mass is 28.3. The van der Waals surface area contributed by atoms with Gasteiger partial charge in [-0.2, -0.15) is 4.57 Å². The molecule has 30 heavy (non-hydrogen) atoms. The maximum absolute atomic E-state index is 8.96. The fraction of sp³-hybridized carbons (Fsp3) is 0.464. The van der Waals surface area contributed by atoms with E-state index in [4.69, 9.17) is 1.37 Å². The summed E-state index contributed by atoms with van der Waals surface area (Å²) < 4.78 is 11.2. The molecule has 0 spiro atoms. The topological polar surface area (TPSA) is 3.88 Å². The Morgan fingerprint density at radius 3 is 2.27 bits per heavy atom. The summed E-state index contributed by atoms with van der Waals surface area (Å²) in [6.07, 6.45) is 2.64. The molecular formula is C28H38NSi+. The third kappa shape index (κ3) is 3.75. The Balaban J connectivity index is 1.97. The van der Waals surface area contributed by atoms with E-state index in [1.54, 1.807) is 0 Å². The number of aryl methyl sites for hydroxylation is 3. The first kappa shape index (κ1) is 20.0. The molecule has 2 heteroatoms. The summed E-state index contributed by atoms with van der Waals surface area (Å²) in [6.45, 7) is 16.1. The van der Waals surface area contributed by atoms with Gasteiger partial charge in [-0.25, -0.2) is 0 Å². The van der Waals surface area contributed by atoms with Crippen molar-refractivity contribution in [2.75, 3.05) is 0 Å². The first-order valence-electron chi connectivity index (χ1n) is 12.0. The maximum Gasteiger partial charge on any atom is 0.220 e. The summed E-state index contributed by atoms with van der Waals surface area (Å²) in [7, 11) is 1.15. The van der Waals surface area contributed by atoms with Crippen LogP contribution in [0.3, 0.4) is 0 Å². The number of pyridine rings is 1. The first-order valence-corrected chi connectivity index (χ1v) is 14.9. The van der Waals surface area contributed by atoms with Gasteiger partial charge < -0.3 is 0 Å². The zero-order chi connectivity index (χ0) is 22.7. The molecule has 0 bridgehead atoms. The minimum absolute atomic E-state index is 0.657. The van der Waals surface area contributed by atoms with Gasteiger partial charge in [-0.15, -0.1) is 0 Å². The molecule has 2 heterocycles. The van der Waals surface area contributed by atoms with E-state index in [1.807, 2.05) is 0 Å². The molecule has 1 fully saturated rings. The summed E-state index contributed by atoms with van der Waals surface area (Å²) in [6, 6.07) is 12.9. The van der Waals surface area contributed by atoms with E-state index >= 15 is 0 Å². The molecule has 0 atom stereocenters. The van der Waals surface area contributed by atoms with Crippen molar-refractivity contribution in [1.29, 1.82) is 0 Å². The summed E-state index contributed by atoms with van der Waals surface area (Å²) in [5, 5.41) is 2.34. The lowest BCUT2D eigenvalue weighted by Crippen LogP contribution is -2.35. The number of aromatic nitrogens is 1. The van der Waals surface area contributed by atoms with Crippen molar-refractivity contribution in [2.24, 2.45) is 7.05 Å². The Morgan fingerprint density at radius 1 is 0.933 bits per heavy atom. The molecule has 3 aromatic rings. The smallest absolute Gasteiger partial charge is 0.198 e. The van der Waals surface area contributed by atoms with Crippen LogP contribution in [0.25, 0.3) is 22.0 Å². The van der Waals surface area contributed by atoms with E-state index in [1.165, 1.54) is 69.4 Å². The second kappa shape index (κ2) is 7.64. The first-order chi connectivity index (χ1) is 14.5. The normalized spacial score (nSPS) is 17.4. The number of fused-ring (bicyclic) bond motifs is 1. The molecule has 1 aromatic heterocycles. The highest BCUT2D eigenvalue weighted by molar-refractivity contribution is 6.77. The van der Waals surface area contributed by atoms with E-state index < -0.39 is 8.07 Å². The third-order valence-electron chi connectivity index (χ3n) is 7.66. The van der Waals surface area contributed by atoms with Gasteiger partial charge in [-0.3, -0.25) is 0 Å². The molecule has 0 saturated carbocycles. The van der Waals surface area contributed by atoms with Gasteiger partial charge in [0.1, 0.15) is 7.05 Å². The Morgan fingerprint density at radius 2 is 1.60 bits per heavy atom. The molecule has 1 aliphatic rings. The van der Waals surface area contributed by atoms with E-state index in [0.717, 1.165) is 11.1 Å². The van der Waals surface area contributed by atoms with Crippen LogP contribution in [0.5, 0.6) is 0 Å². The van der Waals surface area contributed by atoms with Crippen LogP contribution in [0, 0.1) is 34.6 Å². The Labute approximate surface area is 185 Å². The molecule has 1 saturated heterocycles. The lowest BCUT2D eigenvalue weighted by molar-refractivity contribution is -0.665. The third-order valence-corrected chi connectivity index (χ3v) is 10.9. The molecule has 1 nitrogen and oxygen atoms in total. The van der Waals surface area contributed by atoms with E-state index in [2.05, 4.69) is 83.6 Å². The van der Waals surface area contributed by atoms with Crippen LogP contribution in [0.15, 0.2) is 30.3 Å². The van der Waals surface area contributed by atoms with Crippen molar-refractivity contribution in [3.63, 3.8) is 0 Å². The molecule has 0 N–H and O–H groups in total. The second-order valence-electron chi connectivity index (χ2n) is 10.6. The predicted molar refractivity (Wildman–Crippen MR) is 133 cm³/mol. The zero-order valence-corrected chi connectivity index (χ0v) is 21.2. The van der Waals surface area contributed by atoms with Crippen molar-refractivity contribution in [1.82, 2.24) is 0 Å². The quantitative estimate of drug-likeness (QED) is 0.301. The maximum atomic E-state index is 8.96. The van der Waals surface area contributed by atoms with Gasteiger partial charge in [-0.05, 0) is 86.2 Å². The standard InChI is InChI=1S/C28H38NSi/c1-18-13-19(2)22(5)26(14-18)28-27-15-20(3)25(17-24(27)16-21(4)29(28)6)23-9-11-30(7,8)12-10-23/h13-17,23H,9-12H2,1-8H3/q+1/i16D.